The first kappa shape index (κ1) is 18.9. The predicted octanol–water partition coefficient (Wildman–Crippen LogP) is 3.43. The maximum absolute atomic E-state index is 13.1. The van der Waals surface area contributed by atoms with Crippen molar-refractivity contribution in [1.29, 1.82) is 0 Å². The highest BCUT2D eigenvalue weighted by molar-refractivity contribution is 7.90. The highest BCUT2D eigenvalue weighted by atomic mass is 35.5. The molecule has 29 heavy (non-hydrogen) atoms. The van der Waals surface area contributed by atoms with Crippen LogP contribution in [0.2, 0.25) is 5.02 Å². The van der Waals surface area contributed by atoms with E-state index in [1.807, 2.05) is 0 Å². The number of halogens is 1. The van der Waals surface area contributed by atoms with E-state index >= 15 is 0 Å². The summed E-state index contributed by atoms with van der Waals surface area (Å²) in [5.41, 5.74) is 0.424. The molecule has 8 nitrogen and oxygen atoms in total. The third-order valence-electron chi connectivity index (χ3n) is 4.23. The molecule has 0 saturated carbocycles. The number of aromatic amines is 1. The number of aromatic nitrogens is 4. The Morgan fingerprint density at radius 3 is 2.62 bits per heavy atom. The Morgan fingerprint density at radius 2 is 1.93 bits per heavy atom. The first-order chi connectivity index (χ1) is 13.9. The van der Waals surface area contributed by atoms with Crippen LogP contribution in [-0.4, -0.2) is 38.5 Å². The molecule has 2 heterocycles. The number of allylic oxidation sites excluding steroid dienone is 1. The van der Waals surface area contributed by atoms with Crippen LogP contribution in [0.25, 0.3) is 16.7 Å². The third-order valence-corrected chi connectivity index (χ3v) is 6.15. The Balaban J connectivity index is 1.90. The molecule has 146 valence electrons. The lowest BCUT2D eigenvalue weighted by Gasteiger charge is -2.07. The summed E-state index contributed by atoms with van der Waals surface area (Å²) in [5.74, 6) is -1.08. The van der Waals surface area contributed by atoms with Crippen LogP contribution in [0.4, 0.5) is 0 Å². The van der Waals surface area contributed by atoms with Gasteiger partial charge in [-0.3, -0.25) is 9.89 Å². The van der Waals surface area contributed by atoms with Crippen molar-refractivity contribution in [2.24, 2.45) is 0 Å². The van der Waals surface area contributed by atoms with Crippen LogP contribution in [0.5, 0.6) is 0 Å². The topological polar surface area (TPSA) is 118 Å². The number of hydrogen-bond donors (Lipinski definition) is 2. The van der Waals surface area contributed by atoms with E-state index in [1.165, 1.54) is 30.7 Å². The van der Waals surface area contributed by atoms with E-state index in [0.29, 0.717) is 10.4 Å². The smallest absolute Gasteiger partial charge is 0.268 e. The normalized spacial score (nSPS) is 12.4. The van der Waals surface area contributed by atoms with E-state index in [4.69, 9.17) is 11.6 Å². The minimum absolute atomic E-state index is 0.0553. The highest BCUT2D eigenvalue weighted by Gasteiger charge is 2.23. The third kappa shape index (κ3) is 3.41. The quantitative estimate of drug-likeness (QED) is 0.285. The molecular weight excluding hydrogens is 416 g/mol. The number of nitrogens with zero attached hydrogens (tertiary/aromatic N) is 3. The number of hydrogen-bond acceptors (Lipinski definition) is 6. The van der Waals surface area contributed by atoms with Gasteiger partial charge < -0.3 is 5.11 Å². The summed E-state index contributed by atoms with van der Waals surface area (Å²) >= 11 is 6.07. The molecule has 2 aromatic carbocycles. The molecule has 0 spiro atoms. The van der Waals surface area contributed by atoms with Crippen molar-refractivity contribution >= 4 is 44.1 Å². The second-order valence-electron chi connectivity index (χ2n) is 6.05. The largest absolute Gasteiger partial charge is 0.507 e. The zero-order valence-corrected chi connectivity index (χ0v) is 16.2. The van der Waals surface area contributed by atoms with Crippen molar-refractivity contribution in [3.05, 3.63) is 83.5 Å². The van der Waals surface area contributed by atoms with Gasteiger partial charge >= 0.3 is 0 Å². The summed E-state index contributed by atoms with van der Waals surface area (Å²) < 4.78 is 27.3. The van der Waals surface area contributed by atoms with Crippen molar-refractivity contribution in [3.8, 4) is 0 Å². The van der Waals surface area contributed by atoms with E-state index in [9.17, 15) is 18.3 Å². The van der Waals surface area contributed by atoms with Gasteiger partial charge in [-0.1, -0.05) is 35.9 Å². The molecule has 0 aliphatic heterocycles. The lowest BCUT2D eigenvalue weighted by atomic mass is 10.1. The monoisotopic (exact) mass is 428 g/mol. The molecule has 0 unspecified atom stereocenters. The van der Waals surface area contributed by atoms with Gasteiger partial charge in [-0.05, 0) is 24.3 Å². The van der Waals surface area contributed by atoms with Gasteiger partial charge in [0, 0.05) is 28.2 Å². The molecule has 2 aromatic heterocycles. The number of aliphatic hydroxyl groups excluding tert-OH is 1. The van der Waals surface area contributed by atoms with Gasteiger partial charge in [0.05, 0.1) is 10.4 Å². The molecule has 0 radical (unpaired) electrons. The van der Waals surface area contributed by atoms with Gasteiger partial charge in [-0.25, -0.2) is 17.4 Å². The second-order valence-corrected chi connectivity index (χ2v) is 8.30. The first-order valence-corrected chi connectivity index (χ1v) is 10.1. The number of carbonyl (C=O) groups is 1. The summed E-state index contributed by atoms with van der Waals surface area (Å²) in [6.07, 6.45) is 3.37. The van der Waals surface area contributed by atoms with E-state index < -0.39 is 21.6 Å². The summed E-state index contributed by atoms with van der Waals surface area (Å²) in [6, 6.07) is 12.5. The number of fused-ring (bicyclic) bond motifs is 1. The van der Waals surface area contributed by atoms with Crippen molar-refractivity contribution in [3.63, 3.8) is 0 Å². The molecule has 2 N–H and O–H groups in total. The standard InChI is InChI=1S/C19H13ClN4O4S/c20-12-6-7-14-15(17(25)9-18(26)19-21-11-22-23-19)10-24(16(14)8-12)29(27,28)13-4-2-1-3-5-13/h1-11,25H,(H,21,22,23)/b17-9+. The number of rotatable bonds is 5. The number of nitrogens with one attached hydrogen (secondary N) is 1. The van der Waals surface area contributed by atoms with E-state index in [-0.39, 0.29) is 21.8 Å². The fraction of sp³-hybridized carbons (Fsp3) is 0. The average molecular weight is 429 g/mol. The highest BCUT2D eigenvalue weighted by Crippen LogP contribution is 2.31. The molecule has 0 fully saturated rings. The summed E-state index contributed by atoms with van der Waals surface area (Å²) in [4.78, 5) is 16.0. The Kier molecular flexibility index (Phi) is 4.69. The number of aliphatic hydroxyl groups is 1. The van der Waals surface area contributed by atoms with Gasteiger partial charge in [-0.15, -0.1) is 0 Å². The van der Waals surface area contributed by atoms with Gasteiger partial charge in [0.15, 0.2) is 5.82 Å². The summed E-state index contributed by atoms with van der Waals surface area (Å²) in [7, 11) is -3.96. The molecule has 0 aliphatic rings. The van der Waals surface area contributed by atoms with Gasteiger partial charge in [-0.2, -0.15) is 5.10 Å². The van der Waals surface area contributed by atoms with Crippen LogP contribution in [0.3, 0.4) is 0 Å². The van der Waals surface area contributed by atoms with Gasteiger partial charge in [0.2, 0.25) is 5.78 Å². The lowest BCUT2D eigenvalue weighted by Crippen LogP contribution is -2.11. The first-order valence-electron chi connectivity index (χ1n) is 8.30. The Labute approximate surface area is 170 Å². The number of carbonyl (C=O) groups excluding carboxylic acids is 1. The van der Waals surface area contributed by atoms with Crippen LogP contribution in [0.15, 0.2) is 72.0 Å². The Hall–Kier alpha value is -3.43. The molecule has 0 atom stereocenters. The SMILES string of the molecule is O=C(/C=C(/O)c1cn(S(=O)(=O)c2ccccc2)c2cc(Cl)ccc12)c1ncn[nH]1. The van der Waals surface area contributed by atoms with Crippen molar-refractivity contribution in [2.45, 2.75) is 4.90 Å². The molecule has 0 bridgehead atoms. The Bertz CT molecular complexity index is 1340. The lowest BCUT2D eigenvalue weighted by molar-refractivity contribution is 0.103. The minimum atomic E-state index is -3.96. The maximum atomic E-state index is 13.1. The van der Waals surface area contributed by atoms with Gasteiger partial charge in [0.1, 0.15) is 12.1 Å². The molecule has 0 saturated heterocycles. The summed E-state index contributed by atoms with van der Waals surface area (Å²) in [5, 5.41) is 17.3. The second kappa shape index (κ2) is 7.19. The number of benzene rings is 2. The molecular formula is C19H13ClN4O4S. The van der Waals surface area contributed by atoms with E-state index in [0.717, 1.165) is 10.0 Å². The minimum Gasteiger partial charge on any atom is -0.507 e. The van der Waals surface area contributed by atoms with Crippen LogP contribution >= 0.6 is 11.6 Å². The van der Waals surface area contributed by atoms with Gasteiger partial charge in [0.25, 0.3) is 10.0 Å². The zero-order valence-electron chi connectivity index (χ0n) is 14.7. The molecule has 0 amide bonds. The van der Waals surface area contributed by atoms with E-state index in [2.05, 4.69) is 15.2 Å². The molecule has 4 rings (SSSR count). The maximum Gasteiger partial charge on any atom is 0.268 e. The van der Waals surface area contributed by atoms with Crippen molar-refractivity contribution in [2.75, 3.05) is 0 Å². The van der Waals surface area contributed by atoms with Crippen molar-refractivity contribution < 1.29 is 18.3 Å². The van der Waals surface area contributed by atoms with Crippen LogP contribution in [-0.2, 0) is 10.0 Å². The zero-order chi connectivity index (χ0) is 20.6. The Morgan fingerprint density at radius 1 is 1.17 bits per heavy atom. The number of H-pyrrole nitrogens is 1. The van der Waals surface area contributed by atoms with Crippen LogP contribution in [0, 0.1) is 0 Å². The molecule has 10 heteroatoms. The predicted molar refractivity (Wildman–Crippen MR) is 107 cm³/mol. The molecule has 4 aromatic rings. The fourth-order valence-electron chi connectivity index (χ4n) is 2.87. The van der Waals surface area contributed by atoms with E-state index in [1.54, 1.807) is 30.3 Å². The fourth-order valence-corrected chi connectivity index (χ4v) is 4.42. The van der Waals surface area contributed by atoms with Crippen LogP contribution < -0.4 is 0 Å². The molecule has 0 aliphatic carbocycles. The van der Waals surface area contributed by atoms with Crippen molar-refractivity contribution in [1.82, 2.24) is 19.2 Å². The average Bonchev–Trinajstić information content (AvgIpc) is 3.37. The van der Waals surface area contributed by atoms with Crippen LogP contribution in [0.1, 0.15) is 16.2 Å². The number of ketones is 1. The summed E-state index contributed by atoms with van der Waals surface area (Å²) in [6.45, 7) is 0.